The normalized spacial score (nSPS) is 10.1. The highest BCUT2D eigenvalue weighted by molar-refractivity contribution is 5.96. The number of nitrogens with zero attached hydrogens (tertiary/aromatic N) is 1. The van der Waals surface area contributed by atoms with Crippen molar-refractivity contribution in [3.8, 4) is 11.5 Å². The van der Waals surface area contributed by atoms with E-state index in [0.29, 0.717) is 30.2 Å². The Morgan fingerprint density at radius 2 is 1.61 bits per heavy atom. The molecule has 18 heavy (non-hydrogen) atoms. The molecule has 0 radical (unpaired) electrons. The van der Waals surface area contributed by atoms with Gasteiger partial charge in [-0.25, -0.2) is 0 Å². The van der Waals surface area contributed by atoms with Crippen LogP contribution in [0.3, 0.4) is 0 Å². The first-order valence-corrected chi connectivity index (χ1v) is 6.10. The number of hydrogen-bond donors (Lipinski definition) is 0. The highest BCUT2D eigenvalue weighted by Crippen LogP contribution is 2.30. The van der Waals surface area contributed by atoms with Crippen LogP contribution in [0.25, 0.3) is 0 Å². The molecule has 0 aliphatic carbocycles. The summed E-state index contributed by atoms with van der Waals surface area (Å²) in [5.41, 5.74) is 1.56. The molecule has 0 bridgehead atoms. The highest BCUT2D eigenvalue weighted by atomic mass is 16.5. The molecule has 100 valence electrons. The third kappa shape index (κ3) is 2.75. The van der Waals surface area contributed by atoms with Crippen LogP contribution in [0.4, 0.5) is 0 Å². The fraction of sp³-hybridized carbons (Fsp3) is 0.500. The minimum absolute atomic E-state index is 0.0263. The molecule has 0 N–H and O–H groups in total. The average Bonchev–Trinajstić information content (AvgIpc) is 2.39. The van der Waals surface area contributed by atoms with Gasteiger partial charge in [-0.2, -0.15) is 0 Å². The minimum atomic E-state index is 0.0263. The van der Waals surface area contributed by atoms with E-state index >= 15 is 0 Å². The second-order valence-electron chi connectivity index (χ2n) is 4.00. The van der Waals surface area contributed by atoms with Gasteiger partial charge in [0.25, 0.3) is 5.91 Å². The van der Waals surface area contributed by atoms with Crippen LogP contribution in [0.1, 0.15) is 29.8 Å². The lowest BCUT2D eigenvalue weighted by molar-refractivity contribution is 0.0772. The Bertz CT molecular complexity index is 425. The van der Waals surface area contributed by atoms with Crippen LogP contribution in [-0.2, 0) is 0 Å². The van der Waals surface area contributed by atoms with E-state index in [1.807, 2.05) is 26.8 Å². The molecule has 0 atom stereocenters. The van der Waals surface area contributed by atoms with E-state index in [-0.39, 0.29) is 5.91 Å². The first-order valence-electron chi connectivity index (χ1n) is 6.10. The molecule has 4 heteroatoms. The Kier molecular flexibility index (Phi) is 5.01. The molecule has 1 rings (SSSR count). The van der Waals surface area contributed by atoms with Gasteiger partial charge >= 0.3 is 0 Å². The Hall–Kier alpha value is -1.71. The predicted octanol–water partition coefficient (Wildman–Crippen LogP) is 2.49. The third-order valence-electron chi connectivity index (χ3n) is 3.01. The molecule has 0 saturated heterocycles. The van der Waals surface area contributed by atoms with Crippen molar-refractivity contribution in [2.24, 2.45) is 0 Å². The highest BCUT2D eigenvalue weighted by Gasteiger charge is 2.18. The molecular formula is C14H21NO3. The van der Waals surface area contributed by atoms with Crippen LogP contribution in [0.5, 0.6) is 11.5 Å². The summed E-state index contributed by atoms with van der Waals surface area (Å²) in [5, 5.41) is 0. The SMILES string of the molecule is CCN(CC)C(=O)c1cc(OC)c(OC)cc1C. The lowest BCUT2D eigenvalue weighted by Gasteiger charge is -2.20. The molecule has 0 aliphatic rings. The number of hydrogen-bond acceptors (Lipinski definition) is 3. The molecule has 0 aromatic heterocycles. The summed E-state index contributed by atoms with van der Waals surface area (Å²) >= 11 is 0. The van der Waals surface area contributed by atoms with E-state index in [1.165, 1.54) is 0 Å². The number of amides is 1. The minimum Gasteiger partial charge on any atom is -0.493 e. The van der Waals surface area contributed by atoms with E-state index in [4.69, 9.17) is 9.47 Å². The molecule has 1 amide bonds. The maximum Gasteiger partial charge on any atom is 0.254 e. The van der Waals surface area contributed by atoms with Gasteiger partial charge in [0, 0.05) is 18.7 Å². The zero-order chi connectivity index (χ0) is 13.7. The van der Waals surface area contributed by atoms with Crippen molar-refractivity contribution in [2.45, 2.75) is 20.8 Å². The van der Waals surface area contributed by atoms with Crippen molar-refractivity contribution in [1.82, 2.24) is 4.90 Å². The first-order chi connectivity index (χ1) is 8.58. The van der Waals surface area contributed by atoms with Gasteiger partial charge in [-0.15, -0.1) is 0 Å². The largest absolute Gasteiger partial charge is 0.493 e. The van der Waals surface area contributed by atoms with E-state index in [1.54, 1.807) is 25.2 Å². The summed E-state index contributed by atoms with van der Waals surface area (Å²) in [6.07, 6.45) is 0. The summed E-state index contributed by atoms with van der Waals surface area (Å²) < 4.78 is 10.4. The second kappa shape index (κ2) is 6.28. The topological polar surface area (TPSA) is 38.8 Å². The van der Waals surface area contributed by atoms with Gasteiger partial charge in [-0.05, 0) is 38.5 Å². The molecule has 1 aromatic rings. The van der Waals surface area contributed by atoms with E-state index in [0.717, 1.165) is 5.56 Å². The van der Waals surface area contributed by atoms with Crippen molar-refractivity contribution < 1.29 is 14.3 Å². The summed E-state index contributed by atoms with van der Waals surface area (Å²) in [4.78, 5) is 14.1. The van der Waals surface area contributed by atoms with Crippen molar-refractivity contribution in [3.63, 3.8) is 0 Å². The molecule has 0 spiro atoms. The quantitative estimate of drug-likeness (QED) is 0.807. The van der Waals surface area contributed by atoms with Crippen LogP contribution >= 0.6 is 0 Å². The van der Waals surface area contributed by atoms with Crippen LogP contribution in [0.15, 0.2) is 12.1 Å². The second-order valence-corrected chi connectivity index (χ2v) is 4.00. The molecule has 0 unspecified atom stereocenters. The summed E-state index contributed by atoms with van der Waals surface area (Å²) in [6.45, 7) is 7.24. The van der Waals surface area contributed by atoms with Gasteiger partial charge in [-0.1, -0.05) is 0 Å². The Labute approximate surface area is 108 Å². The monoisotopic (exact) mass is 251 g/mol. The zero-order valence-electron chi connectivity index (χ0n) is 11.7. The summed E-state index contributed by atoms with van der Waals surface area (Å²) in [6, 6.07) is 3.57. The van der Waals surface area contributed by atoms with Crippen LogP contribution in [-0.4, -0.2) is 38.1 Å². The van der Waals surface area contributed by atoms with E-state index in [9.17, 15) is 4.79 Å². The fourth-order valence-electron chi connectivity index (χ4n) is 1.89. The lowest BCUT2D eigenvalue weighted by atomic mass is 10.1. The van der Waals surface area contributed by atoms with Crippen LogP contribution < -0.4 is 9.47 Å². The number of aryl methyl sites for hydroxylation is 1. The summed E-state index contributed by atoms with van der Waals surface area (Å²) in [7, 11) is 3.15. The molecule has 0 heterocycles. The van der Waals surface area contributed by atoms with Crippen molar-refractivity contribution >= 4 is 5.91 Å². The fourth-order valence-corrected chi connectivity index (χ4v) is 1.89. The first kappa shape index (κ1) is 14.4. The number of rotatable bonds is 5. The Balaban J connectivity index is 3.20. The lowest BCUT2D eigenvalue weighted by Crippen LogP contribution is -2.31. The Morgan fingerprint density at radius 3 is 2.06 bits per heavy atom. The maximum atomic E-state index is 12.3. The van der Waals surface area contributed by atoms with Crippen LogP contribution in [0.2, 0.25) is 0 Å². The van der Waals surface area contributed by atoms with Gasteiger partial charge in [0.2, 0.25) is 0 Å². The standard InChI is InChI=1S/C14H21NO3/c1-6-15(7-2)14(16)11-9-13(18-5)12(17-4)8-10(11)3/h8-9H,6-7H2,1-5H3. The smallest absolute Gasteiger partial charge is 0.254 e. The van der Waals surface area contributed by atoms with Gasteiger partial charge < -0.3 is 14.4 Å². The maximum absolute atomic E-state index is 12.3. The average molecular weight is 251 g/mol. The number of carbonyl (C=O) groups excluding carboxylic acids is 1. The van der Waals surface area contributed by atoms with Crippen molar-refractivity contribution in [2.75, 3.05) is 27.3 Å². The predicted molar refractivity (Wildman–Crippen MR) is 71.5 cm³/mol. The molecule has 4 nitrogen and oxygen atoms in total. The molecule has 1 aromatic carbocycles. The van der Waals surface area contributed by atoms with Gasteiger partial charge in [-0.3, -0.25) is 4.79 Å². The van der Waals surface area contributed by atoms with E-state index < -0.39 is 0 Å². The van der Waals surface area contributed by atoms with E-state index in [2.05, 4.69) is 0 Å². The van der Waals surface area contributed by atoms with Crippen molar-refractivity contribution in [1.29, 1.82) is 0 Å². The van der Waals surface area contributed by atoms with Gasteiger partial charge in [0.15, 0.2) is 11.5 Å². The molecule has 0 aliphatic heterocycles. The number of carbonyl (C=O) groups is 1. The summed E-state index contributed by atoms with van der Waals surface area (Å²) in [5.74, 6) is 1.25. The number of ether oxygens (including phenoxy) is 2. The molecule has 0 saturated carbocycles. The van der Waals surface area contributed by atoms with Gasteiger partial charge in [0.05, 0.1) is 14.2 Å². The zero-order valence-corrected chi connectivity index (χ0v) is 11.7. The molecular weight excluding hydrogens is 230 g/mol. The molecule has 0 fully saturated rings. The number of methoxy groups -OCH3 is 2. The van der Waals surface area contributed by atoms with Gasteiger partial charge in [0.1, 0.15) is 0 Å². The third-order valence-corrected chi connectivity index (χ3v) is 3.01. The van der Waals surface area contributed by atoms with Crippen molar-refractivity contribution in [3.05, 3.63) is 23.3 Å². The number of benzene rings is 1. The van der Waals surface area contributed by atoms with Crippen LogP contribution in [0, 0.1) is 6.92 Å². The Morgan fingerprint density at radius 1 is 1.11 bits per heavy atom.